The summed E-state index contributed by atoms with van der Waals surface area (Å²) in [6.45, 7) is 0.442. The molecular formula is C22H24N4O5. The van der Waals surface area contributed by atoms with Crippen LogP contribution in [0, 0.1) is 0 Å². The van der Waals surface area contributed by atoms with E-state index in [4.69, 9.17) is 18.6 Å². The first-order valence-electron chi connectivity index (χ1n) is 10.1. The molecule has 9 heteroatoms. The van der Waals surface area contributed by atoms with Gasteiger partial charge >= 0.3 is 0 Å². The molecule has 0 unspecified atom stereocenters. The molecule has 0 spiro atoms. The number of likely N-dealkylation sites (tertiary alicyclic amines) is 1. The van der Waals surface area contributed by atoms with Crippen molar-refractivity contribution in [1.82, 2.24) is 20.1 Å². The molecule has 2 aromatic heterocycles. The summed E-state index contributed by atoms with van der Waals surface area (Å²) >= 11 is 0. The topological polar surface area (TPSA) is 99.8 Å². The summed E-state index contributed by atoms with van der Waals surface area (Å²) in [5.41, 5.74) is 0.738. The molecule has 4 rings (SSSR count). The van der Waals surface area contributed by atoms with E-state index in [1.807, 2.05) is 6.07 Å². The highest BCUT2D eigenvalue weighted by Gasteiger charge is 2.32. The zero-order valence-electron chi connectivity index (χ0n) is 17.5. The second-order valence-corrected chi connectivity index (χ2v) is 7.07. The van der Waals surface area contributed by atoms with Crippen molar-refractivity contribution in [3.8, 4) is 28.7 Å². The molecule has 0 N–H and O–H groups in total. The van der Waals surface area contributed by atoms with E-state index in [1.54, 1.807) is 55.8 Å². The van der Waals surface area contributed by atoms with Gasteiger partial charge in [0.15, 0.2) is 18.1 Å². The van der Waals surface area contributed by atoms with E-state index in [2.05, 4.69) is 15.2 Å². The van der Waals surface area contributed by atoms with Gasteiger partial charge in [-0.05, 0) is 43.5 Å². The Morgan fingerprint density at radius 3 is 2.65 bits per heavy atom. The average molecular weight is 424 g/mol. The van der Waals surface area contributed by atoms with Gasteiger partial charge in [-0.25, -0.2) is 0 Å². The van der Waals surface area contributed by atoms with Crippen molar-refractivity contribution in [1.29, 1.82) is 0 Å². The van der Waals surface area contributed by atoms with Crippen LogP contribution in [0.15, 0.2) is 47.1 Å². The van der Waals surface area contributed by atoms with Gasteiger partial charge in [-0.2, -0.15) is 0 Å². The molecule has 1 aromatic carbocycles. The zero-order chi connectivity index (χ0) is 21.6. The van der Waals surface area contributed by atoms with Crippen molar-refractivity contribution in [3.63, 3.8) is 0 Å². The number of methoxy groups -OCH3 is 2. The SMILES string of the molecule is COc1cccc(OC)c1OCC(=O)N1CCCC[C@H]1c1nnc(-c2cccnc2)o1. The van der Waals surface area contributed by atoms with Crippen LogP contribution in [-0.4, -0.2) is 53.4 Å². The molecule has 0 aliphatic carbocycles. The number of rotatable bonds is 7. The highest BCUT2D eigenvalue weighted by atomic mass is 16.5. The van der Waals surface area contributed by atoms with E-state index >= 15 is 0 Å². The van der Waals surface area contributed by atoms with Crippen LogP contribution in [0.1, 0.15) is 31.2 Å². The number of carbonyl (C=O) groups is 1. The molecule has 0 radical (unpaired) electrons. The number of piperidine rings is 1. The van der Waals surface area contributed by atoms with E-state index < -0.39 is 0 Å². The van der Waals surface area contributed by atoms with Gasteiger partial charge in [-0.1, -0.05) is 6.07 Å². The number of hydrogen-bond acceptors (Lipinski definition) is 8. The smallest absolute Gasteiger partial charge is 0.261 e. The lowest BCUT2D eigenvalue weighted by Gasteiger charge is -2.33. The van der Waals surface area contributed by atoms with Gasteiger partial charge in [0.2, 0.25) is 17.5 Å². The Hall–Kier alpha value is -3.62. The molecular weight excluding hydrogens is 400 g/mol. The average Bonchev–Trinajstić information content (AvgIpc) is 3.33. The second-order valence-electron chi connectivity index (χ2n) is 7.07. The Bertz CT molecular complexity index is 1000. The highest BCUT2D eigenvalue weighted by molar-refractivity contribution is 5.78. The predicted octanol–water partition coefficient (Wildman–Crippen LogP) is 3.28. The van der Waals surface area contributed by atoms with Gasteiger partial charge in [0.25, 0.3) is 5.91 Å². The summed E-state index contributed by atoms with van der Waals surface area (Å²) < 4.78 is 22.4. The molecule has 1 saturated heterocycles. The first kappa shape index (κ1) is 20.6. The number of aromatic nitrogens is 3. The van der Waals surface area contributed by atoms with Crippen LogP contribution in [0.4, 0.5) is 0 Å². The quantitative estimate of drug-likeness (QED) is 0.570. The van der Waals surface area contributed by atoms with Gasteiger partial charge in [-0.3, -0.25) is 9.78 Å². The van der Waals surface area contributed by atoms with E-state index in [0.29, 0.717) is 35.6 Å². The number of nitrogens with zero attached hydrogens (tertiary/aromatic N) is 4. The number of amides is 1. The van der Waals surface area contributed by atoms with Crippen LogP contribution in [0.3, 0.4) is 0 Å². The standard InChI is InChI=1S/C22H24N4O5/c1-28-17-9-5-10-18(29-2)20(17)30-14-19(27)26-12-4-3-8-16(26)22-25-24-21(31-22)15-7-6-11-23-13-15/h5-7,9-11,13,16H,3-4,8,12,14H2,1-2H3/t16-/m0/s1. The fraction of sp³-hybridized carbons (Fsp3) is 0.364. The fourth-order valence-electron chi connectivity index (χ4n) is 3.64. The number of carbonyl (C=O) groups excluding carboxylic acids is 1. The Labute approximate surface area is 180 Å². The molecule has 1 aliphatic heterocycles. The molecule has 1 amide bonds. The van der Waals surface area contributed by atoms with Crippen LogP contribution in [0.5, 0.6) is 17.2 Å². The van der Waals surface area contributed by atoms with Crippen LogP contribution in [0.25, 0.3) is 11.5 Å². The third kappa shape index (κ3) is 4.45. The number of ether oxygens (including phenoxy) is 3. The number of para-hydroxylation sites is 1. The third-order valence-corrected chi connectivity index (χ3v) is 5.18. The normalized spacial score (nSPS) is 16.1. The Balaban J connectivity index is 1.49. The van der Waals surface area contributed by atoms with E-state index in [1.165, 1.54) is 0 Å². The first-order valence-corrected chi connectivity index (χ1v) is 10.1. The largest absolute Gasteiger partial charge is 0.493 e. The van der Waals surface area contributed by atoms with Crippen LogP contribution in [0.2, 0.25) is 0 Å². The second kappa shape index (κ2) is 9.46. The third-order valence-electron chi connectivity index (χ3n) is 5.18. The number of hydrogen-bond donors (Lipinski definition) is 0. The van der Waals surface area contributed by atoms with Gasteiger partial charge in [0.1, 0.15) is 6.04 Å². The van der Waals surface area contributed by atoms with Crippen molar-refractivity contribution < 1.29 is 23.4 Å². The molecule has 1 atom stereocenters. The summed E-state index contributed by atoms with van der Waals surface area (Å²) in [4.78, 5) is 18.9. The molecule has 3 aromatic rings. The van der Waals surface area contributed by atoms with E-state index in [-0.39, 0.29) is 18.6 Å². The lowest BCUT2D eigenvalue weighted by atomic mass is 10.0. The molecule has 0 bridgehead atoms. The maximum absolute atomic E-state index is 13.1. The van der Waals surface area contributed by atoms with Crippen molar-refractivity contribution in [2.45, 2.75) is 25.3 Å². The monoisotopic (exact) mass is 424 g/mol. The highest BCUT2D eigenvalue weighted by Crippen LogP contribution is 2.37. The fourth-order valence-corrected chi connectivity index (χ4v) is 3.64. The van der Waals surface area contributed by atoms with Crippen LogP contribution >= 0.6 is 0 Å². The summed E-state index contributed by atoms with van der Waals surface area (Å²) in [5.74, 6) is 2.03. The van der Waals surface area contributed by atoms with E-state index in [9.17, 15) is 4.79 Å². The molecule has 9 nitrogen and oxygen atoms in total. The summed E-state index contributed by atoms with van der Waals surface area (Å²) in [5, 5.41) is 8.34. The Kier molecular flexibility index (Phi) is 6.30. The molecule has 1 fully saturated rings. The van der Waals surface area contributed by atoms with Crippen molar-refractivity contribution in [2.75, 3.05) is 27.4 Å². The minimum absolute atomic E-state index is 0.156. The Morgan fingerprint density at radius 1 is 1.13 bits per heavy atom. The zero-order valence-corrected chi connectivity index (χ0v) is 17.5. The maximum atomic E-state index is 13.1. The number of pyridine rings is 1. The minimum atomic E-state index is -0.290. The van der Waals surface area contributed by atoms with Gasteiger partial charge in [-0.15, -0.1) is 10.2 Å². The van der Waals surface area contributed by atoms with Crippen molar-refractivity contribution >= 4 is 5.91 Å². The molecule has 162 valence electrons. The minimum Gasteiger partial charge on any atom is -0.493 e. The van der Waals surface area contributed by atoms with Crippen molar-refractivity contribution in [2.24, 2.45) is 0 Å². The summed E-state index contributed by atoms with van der Waals surface area (Å²) in [6.07, 6.45) is 5.97. The predicted molar refractivity (Wildman–Crippen MR) is 111 cm³/mol. The van der Waals surface area contributed by atoms with E-state index in [0.717, 1.165) is 24.8 Å². The lowest BCUT2D eigenvalue weighted by Crippen LogP contribution is -2.41. The van der Waals surface area contributed by atoms with Gasteiger partial charge in [0.05, 0.1) is 19.8 Å². The molecule has 0 saturated carbocycles. The van der Waals surface area contributed by atoms with Gasteiger partial charge < -0.3 is 23.5 Å². The van der Waals surface area contributed by atoms with Crippen molar-refractivity contribution in [3.05, 3.63) is 48.6 Å². The molecule has 1 aliphatic rings. The Morgan fingerprint density at radius 2 is 1.94 bits per heavy atom. The van der Waals surface area contributed by atoms with Crippen LogP contribution < -0.4 is 14.2 Å². The summed E-state index contributed by atoms with van der Waals surface area (Å²) in [6, 6.07) is 8.67. The lowest BCUT2D eigenvalue weighted by molar-refractivity contribution is -0.137. The maximum Gasteiger partial charge on any atom is 0.261 e. The molecule has 3 heterocycles. The first-order chi connectivity index (χ1) is 15.2. The summed E-state index contributed by atoms with van der Waals surface area (Å²) in [7, 11) is 3.08. The molecule has 31 heavy (non-hydrogen) atoms. The van der Waals surface area contributed by atoms with Gasteiger partial charge in [0, 0.05) is 18.9 Å². The number of benzene rings is 1. The van der Waals surface area contributed by atoms with Crippen LogP contribution in [-0.2, 0) is 4.79 Å².